The first-order valence-corrected chi connectivity index (χ1v) is 9.31. The zero-order chi connectivity index (χ0) is 15.9. The van der Waals surface area contributed by atoms with Gasteiger partial charge in [0.1, 0.15) is 0 Å². The van der Waals surface area contributed by atoms with Gasteiger partial charge >= 0.3 is 0 Å². The highest BCUT2D eigenvalue weighted by atomic mass is 32.2. The third-order valence-electron chi connectivity index (χ3n) is 4.78. The monoisotopic (exact) mass is 324 g/mol. The van der Waals surface area contributed by atoms with Crippen molar-refractivity contribution < 1.29 is 13.5 Å². The second-order valence-corrected chi connectivity index (χ2v) is 8.42. The summed E-state index contributed by atoms with van der Waals surface area (Å²) in [7, 11) is -3.39. The lowest BCUT2D eigenvalue weighted by atomic mass is 10.00. The lowest BCUT2D eigenvalue weighted by Gasteiger charge is -2.45. The molecule has 0 aromatic heterocycles. The molecule has 0 saturated carbocycles. The van der Waals surface area contributed by atoms with Crippen molar-refractivity contribution in [3.63, 3.8) is 0 Å². The van der Waals surface area contributed by atoms with E-state index in [1.165, 1.54) is 0 Å². The SMILES string of the molecule is Cc1ccc(S(=O)(=O)N2CCC(N3CC(O)C3)CC2)c(C)c1. The zero-order valence-electron chi connectivity index (χ0n) is 13.2. The predicted octanol–water partition coefficient (Wildman–Crippen LogP) is 1.13. The number of rotatable bonds is 3. The molecule has 0 bridgehead atoms. The Labute approximate surface area is 132 Å². The first-order chi connectivity index (χ1) is 10.4. The highest BCUT2D eigenvalue weighted by Gasteiger charge is 2.36. The number of hydrogen-bond donors (Lipinski definition) is 1. The summed E-state index contributed by atoms with van der Waals surface area (Å²) in [5, 5.41) is 9.38. The molecular weight excluding hydrogens is 300 g/mol. The predicted molar refractivity (Wildman–Crippen MR) is 85.3 cm³/mol. The summed E-state index contributed by atoms with van der Waals surface area (Å²) < 4.78 is 27.2. The number of benzene rings is 1. The number of β-amino-alcohol motifs (C(OH)–C–C–N with tert-alkyl or cyclic N) is 1. The van der Waals surface area contributed by atoms with Crippen LogP contribution in [0.15, 0.2) is 23.1 Å². The van der Waals surface area contributed by atoms with Crippen LogP contribution in [0.3, 0.4) is 0 Å². The van der Waals surface area contributed by atoms with Gasteiger partial charge in [0.25, 0.3) is 0 Å². The fourth-order valence-corrected chi connectivity index (χ4v) is 5.14. The molecule has 3 rings (SSSR count). The Morgan fingerprint density at radius 2 is 1.77 bits per heavy atom. The van der Waals surface area contributed by atoms with E-state index in [2.05, 4.69) is 4.90 Å². The Kier molecular flexibility index (Phi) is 4.29. The number of nitrogens with zero attached hydrogens (tertiary/aromatic N) is 2. The smallest absolute Gasteiger partial charge is 0.243 e. The first-order valence-electron chi connectivity index (χ1n) is 7.87. The summed E-state index contributed by atoms with van der Waals surface area (Å²) in [6.45, 7) is 6.41. The number of likely N-dealkylation sites (tertiary alicyclic amines) is 1. The molecule has 5 nitrogen and oxygen atoms in total. The van der Waals surface area contributed by atoms with Crippen LogP contribution in [0.25, 0.3) is 0 Å². The summed E-state index contributed by atoms with van der Waals surface area (Å²) in [6, 6.07) is 5.90. The minimum absolute atomic E-state index is 0.197. The molecule has 0 atom stereocenters. The average molecular weight is 324 g/mol. The van der Waals surface area contributed by atoms with Crippen molar-refractivity contribution in [2.45, 2.75) is 43.7 Å². The normalized spacial score (nSPS) is 22.7. The van der Waals surface area contributed by atoms with Crippen molar-refractivity contribution in [2.75, 3.05) is 26.2 Å². The topological polar surface area (TPSA) is 60.9 Å². The van der Waals surface area contributed by atoms with Crippen LogP contribution in [0.2, 0.25) is 0 Å². The molecule has 2 heterocycles. The first kappa shape index (κ1) is 15.9. The van der Waals surface area contributed by atoms with Gasteiger partial charge in [-0.25, -0.2) is 8.42 Å². The number of aryl methyl sites for hydroxylation is 2. The Hall–Kier alpha value is -0.950. The van der Waals surface area contributed by atoms with Crippen molar-refractivity contribution >= 4 is 10.0 Å². The third kappa shape index (κ3) is 2.93. The minimum atomic E-state index is -3.39. The molecule has 2 aliphatic rings. The molecule has 0 radical (unpaired) electrons. The van der Waals surface area contributed by atoms with E-state index in [0.29, 0.717) is 24.0 Å². The Morgan fingerprint density at radius 1 is 1.14 bits per heavy atom. The van der Waals surface area contributed by atoms with E-state index >= 15 is 0 Å². The van der Waals surface area contributed by atoms with E-state index in [4.69, 9.17) is 0 Å². The van der Waals surface area contributed by atoms with Crippen LogP contribution in [0, 0.1) is 13.8 Å². The maximum atomic E-state index is 12.8. The van der Waals surface area contributed by atoms with Gasteiger partial charge in [0.05, 0.1) is 11.0 Å². The maximum absolute atomic E-state index is 12.8. The second kappa shape index (κ2) is 5.92. The van der Waals surface area contributed by atoms with Crippen molar-refractivity contribution in [1.82, 2.24) is 9.21 Å². The maximum Gasteiger partial charge on any atom is 0.243 e. The summed E-state index contributed by atoms with van der Waals surface area (Å²) in [4.78, 5) is 2.68. The summed E-state index contributed by atoms with van der Waals surface area (Å²) in [5.74, 6) is 0. The van der Waals surface area contributed by atoms with Crippen LogP contribution >= 0.6 is 0 Å². The molecule has 22 heavy (non-hydrogen) atoms. The van der Waals surface area contributed by atoms with Crippen LogP contribution in [0.1, 0.15) is 24.0 Å². The van der Waals surface area contributed by atoms with Crippen molar-refractivity contribution in [3.05, 3.63) is 29.3 Å². The van der Waals surface area contributed by atoms with E-state index < -0.39 is 10.0 Å². The molecule has 6 heteroatoms. The largest absolute Gasteiger partial charge is 0.390 e. The zero-order valence-corrected chi connectivity index (χ0v) is 14.0. The number of sulfonamides is 1. The van der Waals surface area contributed by atoms with Gasteiger partial charge in [0, 0.05) is 32.2 Å². The summed E-state index contributed by atoms with van der Waals surface area (Å²) in [6.07, 6.45) is 1.49. The molecule has 0 spiro atoms. The van der Waals surface area contributed by atoms with Gasteiger partial charge in [0.2, 0.25) is 10.0 Å². The molecule has 122 valence electrons. The van der Waals surface area contributed by atoms with Crippen LogP contribution < -0.4 is 0 Å². The van der Waals surface area contributed by atoms with Gasteiger partial charge in [-0.15, -0.1) is 0 Å². The lowest BCUT2D eigenvalue weighted by Crippen LogP contribution is -2.58. The van der Waals surface area contributed by atoms with E-state index in [1.54, 1.807) is 10.4 Å². The quantitative estimate of drug-likeness (QED) is 0.905. The molecule has 1 aromatic carbocycles. The van der Waals surface area contributed by atoms with E-state index in [1.807, 2.05) is 26.0 Å². The summed E-state index contributed by atoms with van der Waals surface area (Å²) >= 11 is 0. The van der Waals surface area contributed by atoms with Crippen LogP contribution in [0.5, 0.6) is 0 Å². The number of hydrogen-bond acceptors (Lipinski definition) is 4. The van der Waals surface area contributed by atoms with Crippen LogP contribution in [-0.4, -0.2) is 61.1 Å². The lowest BCUT2D eigenvalue weighted by molar-refractivity contribution is -0.0353. The number of piperidine rings is 1. The van der Waals surface area contributed by atoms with Gasteiger partial charge in [-0.2, -0.15) is 4.31 Å². The average Bonchev–Trinajstić information content (AvgIpc) is 2.44. The standard InChI is InChI=1S/C16H24N2O3S/c1-12-3-4-16(13(2)9-12)22(20,21)18-7-5-14(6-8-18)17-10-15(19)11-17/h3-4,9,14-15,19H,5-8,10-11H2,1-2H3. The van der Waals surface area contributed by atoms with E-state index in [9.17, 15) is 13.5 Å². The van der Waals surface area contributed by atoms with Gasteiger partial charge in [0.15, 0.2) is 0 Å². The second-order valence-electron chi connectivity index (χ2n) is 6.51. The van der Waals surface area contributed by atoms with Crippen LogP contribution in [0.4, 0.5) is 0 Å². The molecule has 1 N–H and O–H groups in total. The van der Waals surface area contributed by atoms with Gasteiger partial charge in [-0.05, 0) is 38.3 Å². The Balaban J connectivity index is 1.69. The third-order valence-corrected chi connectivity index (χ3v) is 6.84. The summed E-state index contributed by atoms with van der Waals surface area (Å²) in [5.41, 5.74) is 1.89. The molecule has 0 amide bonds. The Morgan fingerprint density at radius 3 is 2.32 bits per heavy atom. The van der Waals surface area contributed by atoms with E-state index in [-0.39, 0.29) is 6.10 Å². The molecule has 2 aliphatic heterocycles. The Bertz CT molecular complexity index is 645. The molecule has 2 fully saturated rings. The van der Waals surface area contributed by atoms with Crippen LogP contribution in [-0.2, 0) is 10.0 Å². The highest BCUT2D eigenvalue weighted by Crippen LogP contribution is 2.27. The number of aliphatic hydroxyl groups is 1. The van der Waals surface area contributed by atoms with E-state index in [0.717, 1.165) is 37.1 Å². The molecule has 1 aromatic rings. The van der Waals surface area contributed by atoms with Gasteiger partial charge in [-0.1, -0.05) is 17.7 Å². The molecule has 2 saturated heterocycles. The molecule has 0 aliphatic carbocycles. The molecule has 0 unspecified atom stereocenters. The van der Waals surface area contributed by atoms with Gasteiger partial charge < -0.3 is 5.11 Å². The fraction of sp³-hybridized carbons (Fsp3) is 0.625. The van der Waals surface area contributed by atoms with Crippen molar-refractivity contribution in [3.8, 4) is 0 Å². The van der Waals surface area contributed by atoms with Crippen molar-refractivity contribution in [2.24, 2.45) is 0 Å². The highest BCUT2D eigenvalue weighted by molar-refractivity contribution is 7.89. The fourth-order valence-electron chi connectivity index (χ4n) is 3.46. The van der Waals surface area contributed by atoms with Crippen molar-refractivity contribution in [1.29, 1.82) is 0 Å². The number of aliphatic hydroxyl groups excluding tert-OH is 1. The minimum Gasteiger partial charge on any atom is -0.390 e. The molecular formula is C16H24N2O3S. The van der Waals surface area contributed by atoms with Gasteiger partial charge in [-0.3, -0.25) is 4.90 Å².